The maximum Gasteiger partial charge on any atom is 0.251 e. The van der Waals surface area contributed by atoms with Gasteiger partial charge in [-0.15, -0.1) is 0 Å². The van der Waals surface area contributed by atoms with Crippen molar-refractivity contribution in [3.05, 3.63) is 65.2 Å². The lowest BCUT2D eigenvalue weighted by Crippen LogP contribution is -2.35. The molecule has 1 aliphatic heterocycles. The van der Waals surface area contributed by atoms with Gasteiger partial charge in [-0.2, -0.15) is 0 Å². The van der Waals surface area contributed by atoms with Crippen molar-refractivity contribution < 1.29 is 9.59 Å². The van der Waals surface area contributed by atoms with E-state index in [4.69, 9.17) is 0 Å². The van der Waals surface area contributed by atoms with Crippen molar-refractivity contribution in [3.8, 4) is 0 Å². The van der Waals surface area contributed by atoms with Crippen molar-refractivity contribution in [2.24, 2.45) is 5.92 Å². The van der Waals surface area contributed by atoms with Crippen LogP contribution in [0.25, 0.3) is 0 Å². The lowest BCUT2D eigenvalue weighted by Gasteiger charge is -2.30. The van der Waals surface area contributed by atoms with E-state index in [0.29, 0.717) is 18.7 Å². The number of anilines is 1. The minimum Gasteiger partial charge on any atom is -0.367 e. The molecule has 0 bridgehead atoms. The van der Waals surface area contributed by atoms with E-state index in [0.717, 1.165) is 38.0 Å². The SMILES string of the molecule is O=C(NCCNC(=O)C1CC1)c1ccc(N2CCc3ccccc3C2)cc1. The van der Waals surface area contributed by atoms with Crippen molar-refractivity contribution in [2.45, 2.75) is 25.8 Å². The normalized spacial score (nSPS) is 15.8. The van der Waals surface area contributed by atoms with Crippen LogP contribution in [-0.2, 0) is 17.8 Å². The number of hydrogen-bond acceptors (Lipinski definition) is 3. The van der Waals surface area contributed by atoms with Gasteiger partial charge in [0.2, 0.25) is 5.91 Å². The second-order valence-corrected chi connectivity index (χ2v) is 7.31. The first-order valence-electron chi connectivity index (χ1n) is 9.68. The van der Waals surface area contributed by atoms with Crippen LogP contribution in [0.1, 0.15) is 34.3 Å². The first-order chi connectivity index (χ1) is 13.2. The molecule has 140 valence electrons. The van der Waals surface area contributed by atoms with Crippen molar-refractivity contribution in [1.82, 2.24) is 10.6 Å². The van der Waals surface area contributed by atoms with Gasteiger partial charge in [0.1, 0.15) is 0 Å². The highest BCUT2D eigenvalue weighted by Gasteiger charge is 2.29. The molecule has 1 aliphatic carbocycles. The van der Waals surface area contributed by atoms with Gasteiger partial charge < -0.3 is 15.5 Å². The summed E-state index contributed by atoms with van der Waals surface area (Å²) in [5.41, 5.74) is 4.58. The first-order valence-corrected chi connectivity index (χ1v) is 9.68. The molecule has 0 radical (unpaired) electrons. The van der Waals surface area contributed by atoms with E-state index in [1.807, 2.05) is 24.3 Å². The van der Waals surface area contributed by atoms with Gasteiger partial charge in [-0.25, -0.2) is 0 Å². The molecule has 0 atom stereocenters. The Bertz CT molecular complexity index is 828. The number of carbonyl (C=O) groups excluding carboxylic acids is 2. The Morgan fingerprint density at radius 3 is 2.37 bits per heavy atom. The number of fused-ring (bicyclic) bond motifs is 1. The number of benzene rings is 2. The summed E-state index contributed by atoms with van der Waals surface area (Å²) in [5.74, 6) is 0.206. The standard InChI is InChI=1S/C22H25N3O2/c26-21(17-5-6-17)23-12-13-24-22(27)18-7-9-20(10-8-18)25-14-11-16-3-1-2-4-19(16)15-25/h1-4,7-10,17H,5-6,11-15H2,(H,23,26)(H,24,27). The second kappa shape index (κ2) is 7.82. The van der Waals surface area contributed by atoms with Gasteiger partial charge in [0.25, 0.3) is 5.91 Å². The van der Waals surface area contributed by atoms with Crippen molar-refractivity contribution in [3.63, 3.8) is 0 Å². The monoisotopic (exact) mass is 363 g/mol. The van der Waals surface area contributed by atoms with E-state index in [1.165, 1.54) is 11.1 Å². The highest BCUT2D eigenvalue weighted by molar-refractivity contribution is 5.94. The van der Waals surface area contributed by atoms with Crippen LogP contribution >= 0.6 is 0 Å². The van der Waals surface area contributed by atoms with Crippen LogP contribution in [0.5, 0.6) is 0 Å². The maximum absolute atomic E-state index is 12.2. The molecule has 2 aromatic carbocycles. The molecule has 0 aromatic heterocycles. The van der Waals surface area contributed by atoms with E-state index in [2.05, 4.69) is 39.8 Å². The van der Waals surface area contributed by atoms with Gasteiger partial charge in [-0.1, -0.05) is 24.3 Å². The summed E-state index contributed by atoms with van der Waals surface area (Å²) in [7, 11) is 0. The third-order valence-corrected chi connectivity index (χ3v) is 5.28. The molecule has 2 aromatic rings. The Balaban J connectivity index is 1.28. The largest absolute Gasteiger partial charge is 0.367 e. The van der Waals surface area contributed by atoms with Gasteiger partial charge in [-0.3, -0.25) is 9.59 Å². The summed E-state index contributed by atoms with van der Waals surface area (Å²) in [6.45, 7) is 2.82. The van der Waals surface area contributed by atoms with E-state index >= 15 is 0 Å². The van der Waals surface area contributed by atoms with Gasteiger partial charge >= 0.3 is 0 Å². The summed E-state index contributed by atoms with van der Waals surface area (Å²) in [5, 5.41) is 5.71. The molecule has 2 N–H and O–H groups in total. The zero-order valence-corrected chi connectivity index (χ0v) is 15.4. The maximum atomic E-state index is 12.2. The molecular formula is C22H25N3O2. The van der Waals surface area contributed by atoms with Gasteiger partial charge in [0, 0.05) is 43.3 Å². The van der Waals surface area contributed by atoms with Gasteiger partial charge in [0.15, 0.2) is 0 Å². The summed E-state index contributed by atoms with van der Waals surface area (Å²) in [6, 6.07) is 16.3. The van der Waals surface area contributed by atoms with E-state index < -0.39 is 0 Å². The lowest BCUT2D eigenvalue weighted by molar-refractivity contribution is -0.122. The third-order valence-electron chi connectivity index (χ3n) is 5.28. The average Bonchev–Trinajstić information content (AvgIpc) is 3.56. The molecule has 5 nitrogen and oxygen atoms in total. The number of rotatable bonds is 6. The fraction of sp³-hybridized carbons (Fsp3) is 0.364. The zero-order chi connectivity index (χ0) is 18.6. The van der Waals surface area contributed by atoms with Crippen LogP contribution < -0.4 is 15.5 Å². The Labute approximate surface area is 159 Å². The van der Waals surface area contributed by atoms with E-state index in [-0.39, 0.29) is 17.7 Å². The Morgan fingerprint density at radius 1 is 0.926 bits per heavy atom. The Morgan fingerprint density at radius 2 is 1.63 bits per heavy atom. The van der Waals surface area contributed by atoms with Crippen LogP contribution in [0.3, 0.4) is 0 Å². The molecule has 1 saturated carbocycles. The van der Waals surface area contributed by atoms with Crippen LogP contribution in [0, 0.1) is 5.92 Å². The van der Waals surface area contributed by atoms with Crippen LogP contribution in [0.15, 0.2) is 48.5 Å². The Hall–Kier alpha value is -2.82. The smallest absolute Gasteiger partial charge is 0.251 e. The summed E-state index contributed by atoms with van der Waals surface area (Å²) in [4.78, 5) is 26.2. The summed E-state index contributed by atoms with van der Waals surface area (Å²) < 4.78 is 0. The first kappa shape index (κ1) is 17.6. The van der Waals surface area contributed by atoms with Gasteiger partial charge in [0.05, 0.1) is 0 Å². The van der Waals surface area contributed by atoms with Crippen molar-refractivity contribution in [1.29, 1.82) is 0 Å². The van der Waals surface area contributed by atoms with Crippen molar-refractivity contribution in [2.75, 3.05) is 24.5 Å². The minimum absolute atomic E-state index is 0.105. The predicted molar refractivity (Wildman–Crippen MR) is 106 cm³/mol. The molecule has 2 amide bonds. The molecule has 2 aliphatic rings. The quantitative estimate of drug-likeness (QED) is 0.775. The topological polar surface area (TPSA) is 61.4 Å². The molecule has 27 heavy (non-hydrogen) atoms. The third kappa shape index (κ3) is 4.30. The fourth-order valence-corrected chi connectivity index (χ4v) is 3.49. The highest BCUT2D eigenvalue weighted by atomic mass is 16.2. The molecular weight excluding hydrogens is 338 g/mol. The highest BCUT2D eigenvalue weighted by Crippen LogP contribution is 2.28. The zero-order valence-electron chi connectivity index (χ0n) is 15.4. The van der Waals surface area contributed by atoms with Gasteiger partial charge in [-0.05, 0) is 54.7 Å². The van der Waals surface area contributed by atoms with E-state index in [9.17, 15) is 9.59 Å². The predicted octanol–water partition coefficient (Wildman–Crippen LogP) is 2.51. The lowest BCUT2D eigenvalue weighted by atomic mass is 9.99. The number of carbonyl (C=O) groups is 2. The molecule has 1 fully saturated rings. The van der Waals surface area contributed by atoms with E-state index in [1.54, 1.807) is 0 Å². The molecule has 5 heteroatoms. The van der Waals surface area contributed by atoms with Crippen molar-refractivity contribution >= 4 is 17.5 Å². The molecule has 4 rings (SSSR count). The molecule has 0 spiro atoms. The number of nitrogens with zero attached hydrogens (tertiary/aromatic N) is 1. The Kier molecular flexibility index (Phi) is 5.10. The van der Waals surface area contributed by atoms with Crippen LogP contribution in [0.2, 0.25) is 0 Å². The second-order valence-electron chi connectivity index (χ2n) is 7.31. The summed E-state index contributed by atoms with van der Waals surface area (Å²) >= 11 is 0. The number of hydrogen-bond donors (Lipinski definition) is 2. The van der Waals surface area contributed by atoms with Crippen LogP contribution in [0.4, 0.5) is 5.69 Å². The average molecular weight is 363 g/mol. The molecule has 1 heterocycles. The molecule has 0 saturated heterocycles. The minimum atomic E-state index is -0.105. The number of nitrogens with one attached hydrogen (secondary N) is 2. The molecule has 0 unspecified atom stereocenters. The number of amides is 2. The fourth-order valence-electron chi connectivity index (χ4n) is 3.49. The van der Waals surface area contributed by atoms with Crippen LogP contribution in [-0.4, -0.2) is 31.4 Å². The summed E-state index contributed by atoms with van der Waals surface area (Å²) in [6.07, 6.45) is 3.03.